The maximum absolute atomic E-state index is 12.9. The van der Waals surface area contributed by atoms with Gasteiger partial charge in [-0.15, -0.1) is 11.3 Å². The van der Waals surface area contributed by atoms with Gasteiger partial charge < -0.3 is 15.7 Å². The molecule has 0 bridgehead atoms. The van der Waals surface area contributed by atoms with E-state index in [0.29, 0.717) is 17.3 Å². The molecule has 0 fully saturated rings. The average molecular weight is 471 g/mol. The van der Waals surface area contributed by atoms with Gasteiger partial charge in [0.05, 0.1) is 5.69 Å². The van der Waals surface area contributed by atoms with Crippen LogP contribution in [0.4, 0.5) is 15.6 Å². The minimum atomic E-state index is -1.22. The number of hydrogen-bond donors (Lipinski definition) is 4. The maximum Gasteiger partial charge on any atom is 0.409 e. The standard InChI is InChI=1S/C22H22N4O4S2/c1-31-11-10-17(24-19(27)15-8-5-9-16(12-15)23-22(29)30)20(28)26-21-25-18(13-32-21)14-6-3-2-4-7-14/h2-9,12-13,17,23H,10-11H2,1H3,(H,24,27)(H,29,30)(H,25,26,28). The SMILES string of the molecule is CSCCC(NC(=O)c1cccc(NC(=O)O)c1)C(=O)Nc1nc(-c2ccccc2)cs1. The summed E-state index contributed by atoms with van der Waals surface area (Å²) in [7, 11) is 0. The molecule has 4 N–H and O–H groups in total. The number of hydrogen-bond acceptors (Lipinski definition) is 6. The summed E-state index contributed by atoms with van der Waals surface area (Å²) in [5, 5.41) is 18.9. The predicted molar refractivity (Wildman–Crippen MR) is 129 cm³/mol. The molecule has 3 amide bonds. The van der Waals surface area contributed by atoms with Gasteiger partial charge in [-0.1, -0.05) is 36.4 Å². The van der Waals surface area contributed by atoms with Gasteiger partial charge in [0, 0.05) is 22.2 Å². The minimum absolute atomic E-state index is 0.249. The molecule has 1 unspecified atom stereocenters. The number of thioether (sulfide) groups is 1. The average Bonchev–Trinajstić information content (AvgIpc) is 3.25. The number of carbonyl (C=O) groups excluding carboxylic acids is 2. The molecule has 1 aromatic heterocycles. The van der Waals surface area contributed by atoms with Crippen LogP contribution in [-0.4, -0.2) is 46.0 Å². The van der Waals surface area contributed by atoms with Crippen molar-refractivity contribution in [2.24, 2.45) is 0 Å². The van der Waals surface area contributed by atoms with Crippen LogP contribution in [0.1, 0.15) is 16.8 Å². The number of amides is 3. The molecule has 1 heterocycles. The Morgan fingerprint density at radius 2 is 1.88 bits per heavy atom. The first-order chi connectivity index (χ1) is 15.5. The van der Waals surface area contributed by atoms with E-state index in [0.717, 1.165) is 11.3 Å². The molecule has 0 saturated heterocycles. The van der Waals surface area contributed by atoms with Gasteiger partial charge >= 0.3 is 6.09 Å². The summed E-state index contributed by atoms with van der Waals surface area (Å²) in [6.07, 6.45) is 1.13. The van der Waals surface area contributed by atoms with E-state index in [9.17, 15) is 14.4 Å². The summed E-state index contributed by atoms with van der Waals surface area (Å²) in [5.74, 6) is -0.155. The van der Waals surface area contributed by atoms with Crippen LogP contribution in [0.3, 0.4) is 0 Å². The maximum atomic E-state index is 12.9. The largest absolute Gasteiger partial charge is 0.465 e. The normalized spacial score (nSPS) is 11.4. The molecule has 0 spiro atoms. The lowest BCUT2D eigenvalue weighted by Gasteiger charge is -2.17. The molecule has 0 saturated carbocycles. The third kappa shape index (κ3) is 6.56. The van der Waals surface area contributed by atoms with Gasteiger partial charge in [-0.25, -0.2) is 9.78 Å². The molecule has 10 heteroatoms. The Balaban J connectivity index is 1.69. The summed E-state index contributed by atoms with van der Waals surface area (Å²) in [5.41, 5.74) is 2.23. The lowest BCUT2D eigenvalue weighted by atomic mass is 10.1. The number of carboxylic acid groups (broad SMARTS) is 1. The molecule has 0 aliphatic heterocycles. The van der Waals surface area contributed by atoms with E-state index >= 15 is 0 Å². The van der Waals surface area contributed by atoms with Gasteiger partial charge in [0.15, 0.2) is 5.13 Å². The van der Waals surface area contributed by atoms with Gasteiger partial charge in [-0.3, -0.25) is 14.9 Å². The fourth-order valence-corrected chi connectivity index (χ4v) is 4.07. The van der Waals surface area contributed by atoms with Crippen molar-refractivity contribution in [2.75, 3.05) is 22.6 Å². The van der Waals surface area contributed by atoms with E-state index in [-0.39, 0.29) is 17.2 Å². The first-order valence-corrected chi connectivity index (χ1v) is 11.9. The first-order valence-electron chi connectivity index (χ1n) is 9.68. The number of thiazole rings is 1. The molecule has 166 valence electrons. The Morgan fingerprint density at radius 3 is 2.59 bits per heavy atom. The quantitative estimate of drug-likeness (QED) is 0.368. The van der Waals surface area contributed by atoms with Gasteiger partial charge in [-0.05, 0) is 36.6 Å². The van der Waals surface area contributed by atoms with Crippen molar-refractivity contribution in [2.45, 2.75) is 12.5 Å². The van der Waals surface area contributed by atoms with Crippen molar-refractivity contribution in [3.8, 4) is 11.3 Å². The van der Waals surface area contributed by atoms with Gasteiger partial charge in [-0.2, -0.15) is 11.8 Å². The number of anilines is 2. The molecule has 8 nitrogen and oxygen atoms in total. The Labute approximate surface area is 193 Å². The highest BCUT2D eigenvalue weighted by molar-refractivity contribution is 7.98. The van der Waals surface area contributed by atoms with Gasteiger partial charge in [0.1, 0.15) is 6.04 Å². The molecule has 1 atom stereocenters. The van der Waals surface area contributed by atoms with Crippen molar-refractivity contribution in [1.82, 2.24) is 10.3 Å². The molecule has 0 aliphatic carbocycles. The Kier molecular flexibility index (Phi) is 8.23. The first kappa shape index (κ1) is 23.3. The zero-order chi connectivity index (χ0) is 22.9. The van der Waals surface area contributed by atoms with E-state index < -0.39 is 18.0 Å². The molecule has 3 aromatic rings. The van der Waals surface area contributed by atoms with Crippen LogP contribution in [0.15, 0.2) is 60.0 Å². The highest BCUT2D eigenvalue weighted by atomic mass is 32.2. The summed E-state index contributed by atoms with van der Waals surface area (Å²) in [6.45, 7) is 0. The zero-order valence-corrected chi connectivity index (χ0v) is 18.8. The summed E-state index contributed by atoms with van der Waals surface area (Å²) >= 11 is 2.88. The lowest BCUT2D eigenvalue weighted by molar-refractivity contribution is -0.118. The fourth-order valence-electron chi connectivity index (χ4n) is 2.87. The van der Waals surface area contributed by atoms with Crippen LogP contribution in [0, 0.1) is 0 Å². The van der Waals surface area contributed by atoms with E-state index in [1.54, 1.807) is 23.9 Å². The van der Waals surface area contributed by atoms with E-state index in [2.05, 4.69) is 20.9 Å². The summed E-state index contributed by atoms with van der Waals surface area (Å²) in [6, 6.07) is 14.9. The van der Waals surface area contributed by atoms with Crippen molar-refractivity contribution in [3.05, 3.63) is 65.5 Å². The minimum Gasteiger partial charge on any atom is -0.465 e. The van der Waals surface area contributed by atoms with E-state index in [1.165, 1.54) is 23.5 Å². The number of benzene rings is 2. The predicted octanol–water partition coefficient (Wildman–Crippen LogP) is 4.39. The topological polar surface area (TPSA) is 120 Å². The second-order valence-corrected chi connectivity index (χ2v) is 8.56. The van der Waals surface area contributed by atoms with Crippen molar-refractivity contribution in [1.29, 1.82) is 0 Å². The smallest absolute Gasteiger partial charge is 0.409 e. The molecule has 2 aromatic carbocycles. The van der Waals surface area contributed by atoms with Crippen LogP contribution in [0.5, 0.6) is 0 Å². The van der Waals surface area contributed by atoms with Crippen LogP contribution in [0.25, 0.3) is 11.3 Å². The second kappa shape index (κ2) is 11.3. The Morgan fingerprint density at radius 1 is 1.09 bits per heavy atom. The molecule has 0 aliphatic rings. The monoisotopic (exact) mass is 470 g/mol. The van der Waals surface area contributed by atoms with Crippen LogP contribution in [-0.2, 0) is 4.79 Å². The highest BCUT2D eigenvalue weighted by Gasteiger charge is 2.22. The number of rotatable bonds is 9. The van der Waals surface area contributed by atoms with Crippen LogP contribution < -0.4 is 16.0 Å². The number of carbonyl (C=O) groups is 3. The molecule has 0 radical (unpaired) electrons. The number of aromatic nitrogens is 1. The molecular formula is C22H22N4O4S2. The van der Waals surface area contributed by atoms with Gasteiger partial charge in [0.2, 0.25) is 5.91 Å². The Bertz CT molecular complexity index is 1090. The van der Waals surface area contributed by atoms with Crippen molar-refractivity contribution >= 4 is 51.8 Å². The molecule has 3 rings (SSSR count). The summed E-state index contributed by atoms with van der Waals surface area (Å²) in [4.78, 5) is 40.9. The molecular weight excluding hydrogens is 448 g/mol. The number of nitrogens with one attached hydrogen (secondary N) is 3. The van der Waals surface area contributed by atoms with E-state index in [4.69, 9.17) is 5.11 Å². The highest BCUT2D eigenvalue weighted by Crippen LogP contribution is 2.24. The van der Waals surface area contributed by atoms with E-state index in [1.807, 2.05) is 42.0 Å². The second-order valence-electron chi connectivity index (χ2n) is 6.71. The van der Waals surface area contributed by atoms with Crippen molar-refractivity contribution < 1.29 is 19.5 Å². The van der Waals surface area contributed by atoms with Gasteiger partial charge in [0.25, 0.3) is 5.91 Å². The van der Waals surface area contributed by atoms with Crippen LogP contribution in [0.2, 0.25) is 0 Å². The van der Waals surface area contributed by atoms with Crippen molar-refractivity contribution in [3.63, 3.8) is 0 Å². The third-order valence-corrected chi connectivity index (χ3v) is 5.81. The third-order valence-electron chi connectivity index (χ3n) is 4.41. The lowest BCUT2D eigenvalue weighted by Crippen LogP contribution is -2.44. The Hall–Kier alpha value is -3.37. The number of nitrogens with zero attached hydrogens (tertiary/aromatic N) is 1. The zero-order valence-electron chi connectivity index (χ0n) is 17.2. The fraction of sp³-hybridized carbons (Fsp3) is 0.182. The van der Waals surface area contributed by atoms with Crippen LogP contribution >= 0.6 is 23.1 Å². The summed E-state index contributed by atoms with van der Waals surface area (Å²) < 4.78 is 0. The molecule has 32 heavy (non-hydrogen) atoms.